The number of carbonyl (C=O) groups is 1. The zero-order valence-electron chi connectivity index (χ0n) is 13.9. The molecule has 1 rings (SSSR count). The van der Waals surface area contributed by atoms with Gasteiger partial charge in [0, 0.05) is 5.56 Å². The molecule has 0 radical (unpaired) electrons. The molecule has 0 aromatic heterocycles. The normalized spacial score (nSPS) is 16.3. The summed E-state index contributed by atoms with van der Waals surface area (Å²) >= 11 is 0. The second-order valence-corrected chi connectivity index (χ2v) is 8.03. The van der Waals surface area contributed by atoms with Crippen LogP contribution in [-0.2, 0) is 26.2 Å². The van der Waals surface area contributed by atoms with Crippen LogP contribution in [0.2, 0.25) is 0 Å². The second kappa shape index (κ2) is 7.20. The predicted molar refractivity (Wildman–Crippen MR) is 84.9 cm³/mol. The molecule has 1 aromatic carbocycles. The van der Waals surface area contributed by atoms with Crippen molar-refractivity contribution in [2.24, 2.45) is 5.73 Å². The van der Waals surface area contributed by atoms with Gasteiger partial charge in [0.25, 0.3) is 0 Å². The Labute approximate surface area is 141 Å². The van der Waals surface area contributed by atoms with E-state index in [1.165, 1.54) is 39.8 Å². The highest BCUT2D eigenvalue weighted by atomic mass is 32.2. The van der Waals surface area contributed by atoms with Crippen LogP contribution in [0.1, 0.15) is 33.3 Å². The molecule has 0 bridgehead atoms. The summed E-state index contributed by atoms with van der Waals surface area (Å²) in [5.74, 6) is -7.37. The van der Waals surface area contributed by atoms with Crippen LogP contribution in [0.5, 0.6) is 0 Å². The van der Waals surface area contributed by atoms with Crippen molar-refractivity contribution in [3.05, 3.63) is 35.6 Å². The Morgan fingerprint density at radius 1 is 1.29 bits per heavy atom. The fraction of sp³-hybridized carbons (Fsp3) is 0.533. The number of hydrogen-bond acceptors (Lipinski definition) is 4. The first-order chi connectivity index (χ1) is 10.9. The smallest absolute Gasteiger partial charge is 0.380 e. The molecule has 0 heterocycles. The SMILES string of the molecule is CCOC(=O)C(F)(F)[C@](N)(NS(=O)C(C)(C)C)c1ccccc1F. The number of benzene rings is 1. The van der Waals surface area contributed by atoms with Gasteiger partial charge in [0.2, 0.25) is 0 Å². The van der Waals surface area contributed by atoms with E-state index in [4.69, 9.17) is 5.73 Å². The summed E-state index contributed by atoms with van der Waals surface area (Å²) in [7, 11) is -2.11. The molecule has 3 N–H and O–H groups in total. The van der Waals surface area contributed by atoms with E-state index in [-0.39, 0.29) is 6.61 Å². The molecule has 0 saturated carbocycles. The minimum absolute atomic E-state index is 0.315. The van der Waals surface area contributed by atoms with Gasteiger partial charge in [-0.15, -0.1) is 0 Å². The lowest BCUT2D eigenvalue weighted by Crippen LogP contribution is -2.67. The molecular formula is C15H21F3N2O3S. The molecule has 1 aromatic rings. The first-order valence-corrected chi connectivity index (χ1v) is 8.31. The Morgan fingerprint density at radius 3 is 2.29 bits per heavy atom. The first kappa shape index (κ1) is 20.6. The van der Waals surface area contributed by atoms with Gasteiger partial charge in [-0.2, -0.15) is 8.78 Å². The van der Waals surface area contributed by atoms with Gasteiger partial charge in [-0.1, -0.05) is 18.2 Å². The number of carbonyl (C=O) groups excluding carboxylic acids is 1. The molecular weight excluding hydrogens is 345 g/mol. The molecule has 0 fully saturated rings. The summed E-state index contributed by atoms with van der Waals surface area (Å²) in [5.41, 5.74) is 1.99. The lowest BCUT2D eigenvalue weighted by Gasteiger charge is -2.37. The second-order valence-electron chi connectivity index (χ2n) is 6.07. The van der Waals surface area contributed by atoms with E-state index in [9.17, 15) is 22.2 Å². The fourth-order valence-corrected chi connectivity index (χ4v) is 2.59. The van der Waals surface area contributed by atoms with E-state index in [0.717, 1.165) is 12.1 Å². The molecule has 0 aliphatic rings. The fourth-order valence-electron chi connectivity index (χ4n) is 1.75. The zero-order valence-corrected chi connectivity index (χ0v) is 14.7. The standard InChI is InChI=1S/C15H21F3N2O3S/c1-5-23-12(21)14(17,18)15(19,20-24(22)13(2,3)4)10-8-6-7-9-11(10)16/h6-9,20H,5,19H2,1-4H3/t15-,24?/m1/s1. The van der Waals surface area contributed by atoms with E-state index in [2.05, 4.69) is 4.74 Å². The largest absolute Gasteiger partial charge is 0.461 e. The minimum Gasteiger partial charge on any atom is -0.461 e. The summed E-state index contributed by atoms with van der Waals surface area (Å²) < 4.78 is 61.2. The predicted octanol–water partition coefficient (Wildman–Crippen LogP) is 2.19. The average Bonchev–Trinajstić information content (AvgIpc) is 2.46. The topological polar surface area (TPSA) is 81.4 Å². The highest BCUT2D eigenvalue weighted by Gasteiger charge is 2.61. The summed E-state index contributed by atoms with van der Waals surface area (Å²) in [6, 6.07) is 4.47. The molecule has 0 saturated heterocycles. The third-order valence-corrected chi connectivity index (χ3v) is 4.76. The van der Waals surface area contributed by atoms with Crippen LogP contribution in [0.4, 0.5) is 13.2 Å². The lowest BCUT2D eigenvalue weighted by atomic mass is 9.93. The Kier molecular flexibility index (Phi) is 6.18. The molecule has 5 nitrogen and oxygen atoms in total. The monoisotopic (exact) mass is 366 g/mol. The third-order valence-electron chi connectivity index (χ3n) is 3.14. The molecule has 0 aliphatic carbocycles. The molecule has 9 heteroatoms. The summed E-state index contributed by atoms with van der Waals surface area (Å²) in [4.78, 5) is 11.7. The number of ether oxygens (including phenoxy) is 1. The van der Waals surface area contributed by atoms with Crippen molar-refractivity contribution >= 4 is 17.0 Å². The van der Waals surface area contributed by atoms with Gasteiger partial charge in [-0.25, -0.2) is 18.1 Å². The van der Waals surface area contributed by atoms with Gasteiger partial charge in [0.05, 0.1) is 22.3 Å². The highest BCUT2D eigenvalue weighted by Crippen LogP contribution is 2.37. The number of rotatable bonds is 6. The van der Waals surface area contributed by atoms with Gasteiger partial charge >= 0.3 is 11.9 Å². The molecule has 136 valence electrons. The molecule has 24 heavy (non-hydrogen) atoms. The van der Waals surface area contributed by atoms with Crippen molar-refractivity contribution < 1.29 is 26.9 Å². The minimum atomic E-state index is -4.37. The van der Waals surface area contributed by atoms with Crippen LogP contribution >= 0.6 is 0 Å². The third kappa shape index (κ3) is 3.96. The quantitative estimate of drug-likeness (QED) is 0.597. The van der Waals surface area contributed by atoms with Crippen LogP contribution in [0, 0.1) is 5.82 Å². The first-order valence-electron chi connectivity index (χ1n) is 7.16. The maximum absolute atomic E-state index is 14.7. The van der Waals surface area contributed by atoms with Crippen molar-refractivity contribution in [3.8, 4) is 0 Å². The maximum Gasteiger partial charge on any atom is 0.380 e. The number of hydrogen-bond donors (Lipinski definition) is 2. The van der Waals surface area contributed by atoms with Crippen molar-refractivity contribution in [2.75, 3.05) is 6.61 Å². The van der Waals surface area contributed by atoms with Gasteiger partial charge in [-0.3, -0.25) is 0 Å². The molecule has 0 spiro atoms. The number of esters is 1. The molecule has 1 unspecified atom stereocenters. The van der Waals surface area contributed by atoms with E-state index in [0.29, 0.717) is 0 Å². The van der Waals surface area contributed by atoms with Gasteiger partial charge < -0.3 is 10.5 Å². The summed E-state index contributed by atoms with van der Waals surface area (Å²) in [6.45, 7) is 5.57. The van der Waals surface area contributed by atoms with Crippen molar-refractivity contribution in [1.82, 2.24) is 4.72 Å². The summed E-state index contributed by atoms with van der Waals surface area (Å²) in [5, 5.41) is 0. The van der Waals surface area contributed by atoms with Crippen molar-refractivity contribution in [3.63, 3.8) is 0 Å². The van der Waals surface area contributed by atoms with Gasteiger partial charge in [0.15, 0.2) is 5.66 Å². The van der Waals surface area contributed by atoms with E-state index >= 15 is 0 Å². The van der Waals surface area contributed by atoms with E-state index < -0.39 is 44.7 Å². The number of nitrogens with two attached hydrogens (primary N) is 1. The maximum atomic E-state index is 14.7. The Bertz CT molecular complexity index is 635. The van der Waals surface area contributed by atoms with Gasteiger partial charge in [-0.05, 0) is 33.8 Å². The van der Waals surface area contributed by atoms with E-state index in [1.807, 2.05) is 4.72 Å². The molecule has 0 aliphatic heterocycles. The lowest BCUT2D eigenvalue weighted by molar-refractivity contribution is -0.184. The Hall–Kier alpha value is -1.45. The number of halogens is 3. The van der Waals surface area contributed by atoms with Gasteiger partial charge in [0.1, 0.15) is 5.82 Å². The molecule has 2 atom stereocenters. The van der Waals surface area contributed by atoms with Crippen molar-refractivity contribution in [1.29, 1.82) is 0 Å². The Balaban J connectivity index is 3.50. The Morgan fingerprint density at radius 2 is 1.83 bits per heavy atom. The van der Waals surface area contributed by atoms with Crippen LogP contribution in [-0.4, -0.2) is 27.5 Å². The summed E-state index contributed by atoms with van der Waals surface area (Å²) in [6.07, 6.45) is 0. The molecule has 0 amide bonds. The number of nitrogens with one attached hydrogen (secondary N) is 1. The zero-order chi connectivity index (χ0) is 18.8. The van der Waals surface area contributed by atoms with Crippen LogP contribution < -0.4 is 10.5 Å². The van der Waals surface area contributed by atoms with Crippen LogP contribution in [0.3, 0.4) is 0 Å². The van der Waals surface area contributed by atoms with Crippen LogP contribution in [0.15, 0.2) is 24.3 Å². The van der Waals surface area contributed by atoms with E-state index in [1.54, 1.807) is 0 Å². The van der Waals surface area contributed by atoms with Crippen LogP contribution in [0.25, 0.3) is 0 Å². The van der Waals surface area contributed by atoms with Crippen molar-refractivity contribution in [2.45, 2.75) is 44.0 Å². The average molecular weight is 366 g/mol. The number of alkyl halides is 2. The highest BCUT2D eigenvalue weighted by molar-refractivity contribution is 7.84.